The molecule has 0 aliphatic carbocycles. The lowest BCUT2D eigenvalue weighted by Crippen LogP contribution is -2.17. The van der Waals surface area contributed by atoms with Crippen molar-refractivity contribution in [1.29, 1.82) is 0 Å². The molecule has 0 bridgehead atoms. The fourth-order valence-corrected chi connectivity index (χ4v) is 1.42. The van der Waals surface area contributed by atoms with Gasteiger partial charge in [0.2, 0.25) is 0 Å². The quantitative estimate of drug-likeness (QED) is 0.661. The van der Waals surface area contributed by atoms with Crippen LogP contribution in [0.15, 0.2) is 24.5 Å². The fraction of sp³-hybridized carbons (Fsp3) is 0.556. The predicted molar refractivity (Wildman–Crippen MR) is 44.7 cm³/mol. The highest BCUT2D eigenvalue weighted by Gasteiger charge is 2.21. The molecule has 1 aliphatic rings. The summed E-state index contributed by atoms with van der Waals surface area (Å²) in [5, 5.41) is 0. The van der Waals surface area contributed by atoms with Gasteiger partial charge in [-0.1, -0.05) is 0 Å². The first-order valence-electron chi connectivity index (χ1n) is 4.22. The van der Waals surface area contributed by atoms with Crippen LogP contribution < -0.4 is 0 Å². The zero-order valence-corrected chi connectivity index (χ0v) is 7.14. The maximum Gasteiger partial charge on any atom is 0.155 e. The van der Waals surface area contributed by atoms with Gasteiger partial charge >= 0.3 is 0 Å². The molecule has 1 aliphatic heterocycles. The predicted octanol–water partition coefficient (Wildman–Crippen LogP) is 1.25. The van der Waals surface area contributed by atoms with Gasteiger partial charge in [0, 0.05) is 12.4 Å². The van der Waals surface area contributed by atoms with Crippen LogP contribution in [0, 0.1) is 0 Å². The first-order valence-corrected chi connectivity index (χ1v) is 4.22. The van der Waals surface area contributed by atoms with Crippen molar-refractivity contribution in [3.63, 3.8) is 0 Å². The van der Waals surface area contributed by atoms with Crippen molar-refractivity contribution in [1.82, 2.24) is 4.57 Å². The monoisotopic (exact) mass is 167 g/mol. The van der Waals surface area contributed by atoms with E-state index in [1.165, 1.54) is 0 Å². The summed E-state index contributed by atoms with van der Waals surface area (Å²) in [6.07, 6.45) is 4.25. The molecule has 66 valence electrons. The average molecular weight is 167 g/mol. The Hall–Kier alpha value is -0.800. The molecule has 2 unspecified atom stereocenters. The van der Waals surface area contributed by atoms with Crippen molar-refractivity contribution in [2.45, 2.75) is 25.9 Å². The second kappa shape index (κ2) is 3.29. The topological polar surface area (TPSA) is 23.4 Å². The SMILES string of the molecule is CC1OCC(Cn2cccc2)O1. The largest absolute Gasteiger partial charge is 0.352 e. The Labute approximate surface area is 71.9 Å². The van der Waals surface area contributed by atoms with Crippen LogP contribution >= 0.6 is 0 Å². The number of ether oxygens (including phenoxy) is 2. The smallest absolute Gasteiger partial charge is 0.155 e. The molecule has 1 aromatic heterocycles. The summed E-state index contributed by atoms with van der Waals surface area (Å²) in [6.45, 7) is 3.52. The second-order valence-electron chi connectivity index (χ2n) is 3.04. The first-order chi connectivity index (χ1) is 5.84. The molecule has 1 fully saturated rings. The van der Waals surface area contributed by atoms with Crippen LogP contribution in [-0.4, -0.2) is 23.6 Å². The number of hydrogen-bond acceptors (Lipinski definition) is 2. The standard InChI is InChI=1S/C9H13NO2/c1-8-11-7-9(12-8)6-10-4-2-3-5-10/h2-5,8-9H,6-7H2,1H3. The highest BCUT2D eigenvalue weighted by atomic mass is 16.7. The number of hydrogen-bond donors (Lipinski definition) is 0. The Bertz CT molecular complexity index is 233. The lowest BCUT2D eigenvalue weighted by Gasteiger charge is -2.08. The van der Waals surface area contributed by atoms with E-state index in [1.807, 2.05) is 31.5 Å². The number of aromatic nitrogens is 1. The summed E-state index contributed by atoms with van der Waals surface area (Å²) in [5.74, 6) is 0. The van der Waals surface area contributed by atoms with Crippen LogP contribution in [0.2, 0.25) is 0 Å². The van der Waals surface area contributed by atoms with Crippen molar-refractivity contribution >= 4 is 0 Å². The summed E-state index contributed by atoms with van der Waals surface area (Å²) >= 11 is 0. The van der Waals surface area contributed by atoms with E-state index in [0.717, 1.165) is 6.54 Å². The number of rotatable bonds is 2. The molecule has 0 radical (unpaired) electrons. The third-order valence-electron chi connectivity index (χ3n) is 1.98. The molecule has 0 spiro atoms. The van der Waals surface area contributed by atoms with E-state index in [2.05, 4.69) is 4.57 Å². The van der Waals surface area contributed by atoms with Gasteiger partial charge in [-0.25, -0.2) is 0 Å². The minimum absolute atomic E-state index is 0.0365. The van der Waals surface area contributed by atoms with Crippen LogP contribution in [0.25, 0.3) is 0 Å². The Kier molecular flexibility index (Phi) is 2.15. The van der Waals surface area contributed by atoms with E-state index in [1.54, 1.807) is 0 Å². The zero-order chi connectivity index (χ0) is 8.39. The normalized spacial score (nSPS) is 29.4. The third-order valence-corrected chi connectivity index (χ3v) is 1.98. The van der Waals surface area contributed by atoms with Crippen molar-refractivity contribution in [2.24, 2.45) is 0 Å². The Morgan fingerprint density at radius 3 is 2.75 bits per heavy atom. The molecule has 1 saturated heterocycles. The van der Waals surface area contributed by atoms with Gasteiger partial charge in [-0.15, -0.1) is 0 Å². The van der Waals surface area contributed by atoms with E-state index in [4.69, 9.17) is 9.47 Å². The molecule has 0 amide bonds. The van der Waals surface area contributed by atoms with E-state index >= 15 is 0 Å². The summed E-state index contributed by atoms with van der Waals surface area (Å²) in [4.78, 5) is 0. The molecule has 0 saturated carbocycles. The van der Waals surface area contributed by atoms with Gasteiger partial charge in [0.1, 0.15) is 6.10 Å². The highest BCUT2D eigenvalue weighted by Crippen LogP contribution is 2.12. The van der Waals surface area contributed by atoms with Gasteiger partial charge in [-0.2, -0.15) is 0 Å². The summed E-state index contributed by atoms with van der Waals surface area (Å²) in [7, 11) is 0. The molecule has 3 nitrogen and oxygen atoms in total. The van der Waals surface area contributed by atoms with Gasteiger partial charge in [0.05, 0.1) is 13.2 Å². The Balaban J connectivity index is 1.88. The summed E-state index contributed by atoms with van der Waals surface area (Å²) in [5.41, 5.74) is 0. The van der Waals surface area contributed by atoms with E-state index in [0.29, 0.717) is 6.61 Å². The summed E-state index contributed by atoms with van der Waals surface area (Å²) < 4.78 is 12.9. The van der Waals surface area contributed by atoms with Gasteiger partial charge in [0.25, 0.3) is 0 Å². The van der Waals surface area contributed by atoms with E-state index in [9.17, 15) is 0 Å². The molecule has 3 heteroatoms. The minimum Gasteiger partial charge on any atom is -0.352 e. The average Bonchev–Trinajstić information content (AvgIpc) is 2.63. The Morgan fingerprint density at radius 2 is 2.17 bits per heavy atom. The minimum atomic E-state index is -0.0365. The van der Waals surface area contributed by atoms with Crippen molar-refractivity contribution in [2.75, 3.05) is 6.61 Å². The molecular formula is C9H13NO2. The maximum atomic E-state index is 5.49. The molecule has 2 heterocycles. The van der Waals surface area contributed by atoms with Crippen LogP contribution in [0.4, 0.5) is 0 Å². The molecule has 0 N–H and O–H groups in total. The van der Waals surface area contributed by atoms with Gasteiger partial charge in [-0.05, 0) is 19.1 Å². The molecule has 1 aromatic rings. The van der Waals surface area contributed by atoms with Crippen molar-refractivity contribution in [3.8, 4) is 0 Å². The fourth-order valence-electron chi connectivity index (χ4n) is 1.42. The van der Waals surface area contributed by atoms with Gasteiger partial charge in [-0.3, -0.25) is 0 Å². The van der Waals surface area contributed by atoms with Crippen LogP contribution in [-0.2, 0) is 16.0 Å². The van der Waals surface area contributed by atoms with E-state index < -0.39 is 0 Å². The van der Waals surface area contributed by atoms with Crippen molar-refractivity contribution < 1.29 is 9.47 Å². The zero-order valence-electron chi connectivity index (χ0n) is 7.14. The van der Waals surface area contributed by atoms with Crippen molar-refractivity contribution in [3.05, 3.63) is 24.5 Å². The molecule has 12 heavy (non-hydrogen) atoms. The van der Waals surface area contributed by atoms with Gasteiger partial charge in [0.15, 0.2) is 6.29 Å². The molecular weight excluding hydrogens is 154 g/mol. The lowest BCUT2D eigenvalue weighted by molar-refractivity contribution is -0.0444. The molecule has 0 aromatic carbocycles. The van der Waals surface area contributed by atoms with Crippen LogP contribution in [0.1, 0.15) is 6.92 Å². The second-order valence-corrected chi connectivity index (χ2v) is 3.04. The molecule has 2 rings (SSSR count). The maximum absolute atomic E-state index is 5.49. The van der Waals surface area contributed by atoms with Crippen LogP contribution in [0.3, 0.4) is 0 Å². The first kappa shape index (κ1) is 7.83. The third kappa shape index (κ3) is 1.68. The highest BCUT2D eigenvalue weighted by molar-refractivity contribution is 4.91. The lowest BCUT2D eigenvalue weighted by atomic mass is 10.4. The summed E-state index contributed by atoms with van der Waals surface area (Å²) in [6, 6.07) is 4.03. The Morgan fingerprint density at radius 1 is 1.42 bits per heavy atom. The number of nitrogens with zero attached hydrogens (tertiary/aromatic N) is 1. The van der Waals surface area contributed by atoms with E-state index in [-0.39, 0.29) is 12.4 Å². The molecule has 2 atom stereocenters. The van der Waals surface area contributed by atoms with Crippen LogP contribution in [0.5, 0.6) is 0 Å². The van der Waals surface area contributed by atoms with Gasteiger partial charge < -0.3 is 14.0 Å².